The van der Waals surface area contributed by atoms with Gasteiger partial charge < -0.3 is 15.4 Å². The third-order valence-electron chi connectivity index (χ3n) is 2.34. The minimum Gasteiger partial charge on any atom is -0.444 e. The van der Waals surface area contributed by atoms with Gasteiger partial charge in [-0.1, -0.05) is 6.07 Å². The van der Waals surface area contributed by atoms with Gasteiger partial charge in [0.05, 0.1) is 0 Å². The van der Waals surface area contributed by atoms with Crippen molar-refractivity contribution in [2.24, 2.45) is 0 Å². The summed E-state index contributed by atoms with van der Waals surface area (Å²) in [5.74, 6) is 0. The van der Waals surface area contributed by atoms with Crippen LogP contribution in [-0.2, 0) is 4.74 Å². The summed E-state index contributed by atoms with van der Waals surface area (Å²) >= 11 is 0. The lowest BCUT2D eigenvalue weighted by molar-refractivity contribution is 0.0530. The molecule has 2 N–H and O–H groups in total. The highest BCUT2D eigenvalue weighted by molar-refractivity contribution is 5.67. The van der Waals surface area contributed by atoms with Crippen molar-refractivity contribution in [3.05, 3.63) is 29.3 Å². The van der Waals surface area contributed by atoms with E-state index in [1.165, 1.54) is 11.1 Å². The van der Waals surface area contributed by atoms with Crippen LogP contribution in [0.3, 0.4) is 0 Å². The molecule has 0 fully saturated rings. The van der Waals surface area contributed by atoms with Crippen LogP contribution < -0.4 is 10.6 Å². The molecular formula is C15H24N2O2. The number of anilines is 1. The quantitative estimate of drug-likeness (QED) is 0.821. The molecule has 0 radical (unpaired) electrons. The largest absolute Gasteiger partial charge is 0.444 e. The van der Waals surface area contributed by atoms with Crippen molar-refractivity contribution in [2.75, 3.05) is 18.4 Å². The molecule has 0 bridgehead atoms. The molecule has 0 aliphatic heterocycles. The van der Waals surface area contributed by atoms with Crippen LogP contribution in [0, 0.1) is 13.8 Å². The molecular weight excluding hydrogens is 240 g/mol. The number of amides is 1. The number of carbonyl (C=O) groups excluding carboxylic acids is 1. The monoisotopic (exact) mass is 264 g/mol. The third-order valence-corrected chi connectivity index (χ3v) is 2.34. The van der Waals surface area contributed by atoms with Crippen LogP contribution in [0.2, 0.25) is 0 Å². The Morgan fingerprint density at radius 3 is 2.21 bits per heavy atom. The van der Waals surface area contributed by atoms with E-state index in [1.807, 2.05) is 20.8 Å². The van der Waals surface area contributed by atoms with Crippen LogP contribution in [0.5, 0.6) is 0 Å². The molecule has 19 heavy (non-hydrogen) atoms. The summed E-state index contributed by atoms with van der Waals surface area (Å²) in [6.07, 6.45) is -0.380. The SMILES string of the molecule is Cc1cc(C)cc(NCCNC(=O)OC(C)(C)C)c1. The predicted octanol–water partition coefficient (Wildman–Crippen LogP) is 3.24. The Kier molecular flexibility index (Phi) is 5.21. The molecule has 0 aliphatic carbocycles. The highest BCUT2D eigenvalue weighted by Gasteiger charge is 2.15. The standard InChI is InChI=1S/C15H24N2O2/c1-11-8-12(2)10-13(9-11)16-6-7-17-14(18)19-15(3,4)5/h8-10,16H,6-7H2,1-5H3,(H,17,18). The van der Waals surface area contributed by atoms with E-state index in [2.05, 4.69) is 42.7 Å². The molecule has 0 aromatic heterocycles. The molecule has 1 rings (SSSR count). The predicted molar refractivity (Wildman–Crippen MR) is 78.6 cm³/mol. The number of carbonyl (C=O) groups is 1. The minimum absolute atomic E-state index is 0.380. The van der Waals surface area contributed by atoms with Gasteiger partial charge in [0.25, 0.3) is 0 Å². The van der Waals surface area contributed by atoms with E-state index in [0.29, 0.717) is 13.1 Å². The lowest BCUT2D eigenvalue weighted by atomic mass is 10.1. The molecule has 0 spiro atoms. The first-order valence-corrected chi connectivity index (χ1v) is 6.55. The molecule has 1 amide bonds. The fraction of sp³-hybridized carbons (Fsp3) is 0.533. The topological polar surface area (TPSA) is 50.4 Å². The van der Waals surface area contributed by atoms with Crippen molar-refractivity contribution in [1.82, 2.24) is 5.32 Å². The molecule has 0 aliphatic rings. The van der Waals surface area contributed by atoms with Gasteiger partial charge in [-0.2, -0.15) is 0 Å². The second-order valence-electron chi connectivity index (χ2n) is 5.73. The zero-order valence-corrected chi connectivity index (χ0v) is 12.5. The smallest absolute Gasteiger partial charge is 0.407 e. The van der Waals surface area contributed by atoms with Gasteiger partial charge in [-0.25, -0.2) is 4.79 Å². The summed E-state index contributed by atoms with van der Waals surface area (Å²) in [7, 11) is 0. The molecule has 0 unspecified atom stereocenters. The number of hydrogen-bond acceptors (Lipinski definition) is 3. The van der Waals surface area contributed by atoms with Crippen molar-refractivity contribution in [3.63, 3.8) is 0 Å². The van der Waals surface area contributed by atoms with Gasteiger partial charge in [-0.3, -0.25) is 0 Å². The number of ether oxygens (including phenoxy) is 1. The Morgan fingerprint density at radius 2 is 1.68 bits per heavy atom. The summed E-state index contributed by atoms with van der Waals surface area (Å²) < 4.78 is 5.15. The van der Waals surface area contributed by atoms with Gasteiger partial charge in [-0.15, -0.1) is 0 Å². The van der Waals surface area contributed by atoms with E-state index in [1.54, 1.807) is 0 Å². The number of aryl methyl sites for hydroxylation is 2. The molecule has 4 nitrogen and oxygen atoms in total. The zero-order valence-electron chi connectivity index (χ0n) is 12.5. The van der Waals surface area contributed by atoms with Crippen molar-refractivity contribution >= 4 is 11.8 Å². The first-order chi connectivity index (χ1) is 8.76. The second-order valence-corrected chi connectivity index (χ2v) is 5.73. The molecule has 0 saturated heterocycles. The van der Waals surface area contributed by atoms with E-state index in [9.17, 15) is 4.79 Å². The van der Waals surface area contributed by atoms with E-state index in [4.69, 9.17) is 4.74 Å². The fourth-order valence-electron chi connectivity index (χ4n) is 1.76. The van der Waals surface area contributed by atoms with Crippen LogP contribution in [-0.4, -0.2) is 24.8 Å². The van der Waals surface area contributed by atoms with Crippen LogP contribution >= 0.6 is 0 Å². The Morgan fingerprint density at radius 1 is 1.11 bits per heavy atom. The summed E-state index contributed by atoms with van der Waals surface area (Å²) in [6.45, 7) is 10.9. The van der Waals surface area contributed by atoms with Crippen LogP contribution in [0.4, 0.5) is 10.5 Å². The fourth-order valence-corrected chi connectivity index (χ4v) is 1.76. The Bertz CT molecular complexity index is 416. The Labute approximate surface area is 115 Å². The lowest BCUT2D eigenvalue weighted by Gasteiger charge is -2.19. The number of benzene rings is 1. The summed E-state index contributed by atoms with van der Waals surface area (Å²) in [5, 5.41) is 5.99. The number of rotatable bonds is 4. The third kappa shape index (κ3) is 6.70. The van der Waals surface area contributed by atoms with Gasteiger partial charge >= 0.3 is 6.09 Å². The van der Waals surface area contributed by atoms with Gasteiger partial charge in [0.2, 0.25) is 0 Å². The lowest BCUT2D eigenvalue weighted by Crippen LogP contribution is -2.35. The van der Waals surface area contributed by atoms with Gasteiger partial charge in [-0.05, 0) is 57.9 Å². The molecule has 0 saturated carbocycles. The Hall–Kier alpha value is -1.71. The highest BCUT2D eigenvalue weighted by Crippen LogP contribution is 2.13. The average molecular weight is 264 g/mol. The molecule has 0 atom stereocenters. The molecule has 1 aromatic rings. The van der Waals surface area contributed by atoms with E-state index < -0.39 is 5.60 Å². The molecule has 106 valence electrons. The van der Waals surface area contributed by atoms with Crippen LogP contribution in [0.25, 0.3) is 0 Å². The first kappa shape index (κ1) is 15.3. The maximum Gasteiger partial charge on any atom is 0.407 e. The van der Waals surface area contributed by atoms with Gasteiger partial charge in [0.1, 0.15) is 5.60 Å². The highest BCUT2D eigenvalue weighted by atomic mass is 16.6. The molecule has 4 heteroatoms. The number of alkyl carbamates (subject to hydrolysis) is 1. The first-order valence-electron chi connectivity index (χ1n) is 6.55. The molecule has 1 aromatic carbocycles. The van der Waals surface area contributed by atoms with E-state index in [-0.39, 0.29) is 6.09 Å². The average Bonchev–Trinajstić information content (AvgIpc) is 2.20. The Balaban J connectivity index is 2.29. The van der Waals surface area contributed by atoms with Crippen LogP contribution in [0.1, 0.15) is 31.9 Å². The minimum atomic E-state index is -0.453. The van der Waals surface area contributed by atoms with Crippen molar-refractivity contribution in [2.45, 2.75) is 40.2 Å². The number of hydrogen-bond donors (Lipinski definition) is 2. The van der Waals surface area contributed by atoms with Gasteiger partial charge in [0.15, 0.2) is 0 Å². The normalized spacial score (nSPS) is 11.0. The van der Waals surface area contributed by atoms with Gasteiger partial charge in [0, 0.05) is 18.8 Å². The van der Waals surface area contributed by atoms with Crippen LogP contribution in [0.15, 0.2) is 18.2 Å². The van der Waals surface area contributed by atoms with E-state index in [0.717, 1.165) is 5.69 Å². The summed E-state index contributed by atoms with van der Waals surface area (Å²) in [5.41, 5.74) is 3.07. The second kappa shape index (κ2) is 6.45. The molecule has 0 heterocycles. The maximum absolute atomic E-state index is 11.4. The van der Waals surface area contributed by atoms with Crippen molar-refractivity contribution in [1.29, 1.82) is 0 Å². The maximum atomic E-state index is 11.4. The zero-order chi connectivity index (χ0) is 14.5. The van der Waals surface area contributed by atoms with Crippen molar-refractivity contribution in [3.8, 4) is 0 Å². The summed E-state index contributed by atoms with van der Waals surface area (Å²) in [4.78, 5) is 11.4. The van der Waals surface area contributed by atoms with E-state index >= 15 is 0 Å². The number of nitrogens with one attached hydrogen (secondary N) is 2. The summed E-state index contributed by atoms with van der Waals surface area (Å²) in [6, 6.07) is 6.30. The van der Waals surface area contributed by atoms with Crippen molar-refractivity contribution < 1.29 is 9.53 Å².